The van der Waals surface area contributed by atoms with Crippen molar-refractivity contribution in [1.29, 1.82) is 0 Å². The van der Waals surface area contributed by atoms with E-state index in [1.54, 1.807) is 0 Å². The average molecular weight is 923 g/mol. The fourth-order valence-electron chi connectivity index (χ4n) is 13.2. The zero-order valence-electron chi connectivity index (χ0n) is 41.0. The van der Waals surface area contributed by atoms with Gasteiger partial charge in [0, 0.05) is 0 Å². The van der Waals surface area contributed by atoms with E-state index in [2.05, 4.69) is 218 Å². The van der Waals surface area contributed by atoms with Gasteiger partial charge in [0.25, 0.3) is 0 Å². The minimum Gasteiger partial charge on any atom is -0.0616 e. The summed E-state index contributed by atoms with van der Waals surface area (Å²) in [6, 6.07) is 83.4. The molecule has 72 heavy (non-hydrogen) atoms. The third-order valence-corrected chi connectivity index (χ3v) is 17.0. The second-order valence-electron chi connectivity index (χ2n) is 21.2. The summed E-state index contributed by atoms with van der Waals surface area (Å²) in [5.41, 5.74) is 15.3. The first-order valence-electron chi connectivity index (χ1n) is 26.9. The zero-order valence-corrected chi connectivity index (χ0v) is 41.0. The van der Waals surface area contributed by atoms with Gasteiger partial charge in [-0.15, -0.1) is 0 Å². The minimum atomic E-state index is 0.677. The van der Waals surface area contributed by atoms with Crippen LogP contribution in [0.15, 0.2) is 218 Å². The smallest absolute Gasteiger partial charge is 0.00928 e. The summed E-state index contributed by atoms with van der Waals surface area (Å²) in [4.78, 5) is 0. The van der Waals surface area contributed by atoms with Gasteiger partial charge in [-0.2, -0.15) is 0 Å². The molecular weight excluding hydrogens is 865 g/mol. The van der Waals surface area contributed by atoms with Gasteiger partial charge in [-0.3, -0.25) is 0 Å². The Morgan fingerprint density at radius 2 is 0.431 bits per heavy atom. The maximum atomic E-state index is 2.53. The first kappa shape index (κ1) is 43.0. The van der Waals surface area contributed by atoms with Crippen LogP contribution in [0.25, 0.3) is 120 Å². The van der Waals surface area contributed by atoms with Crippen molar-refractivity contribution in [2.45, 2.75) is 76.0 Å². The molecule has 0 heterocycles. The summed E-state index contributed by atoms with van der Waals surface area (Å²) in [5, 5.41) is 16.2. The van der Waals surface area contributed by atoms with E-state index in [-0.39, 0.29) is 0 Å². The maximum Gasteiger partial charge on any atom is -0.00928 e. The molecule has 2 aliphatic carbocycles. The lowest BCUT2D eigenvalue weighted by Gasteiger charge is -2.23. The normalized spacial score (nSPS) is 14.8. The van der Waals surface area contributed by atoms with E-state index in [1.165, 1.54) is 196 Å². The third-order valence-electron chi connectivity index (χ3n) is 17.0. The van der Waals surface area contributed by atoms with Gasteiger partial charge in [-0.05, 0) is 205 Å². The fourth-order valence-corrected chi connectivity index (χ4v) is 13.2. The van der Waals surface area contributed by atoms with Gasteiger partial charge in [0.15, 0.2) is 0 Å². The number of hydrogen-bond donors (Lipinski definition) is 0. The standard InChI is InChI=1S/C72H58/c1-3-15-47(16-4-1)57-31-37-67-69(43-57)63-29-9-7-27-61(63)65-35-33-59(45-71(65)67)55-25-13-23-53(41-55)51-21-11-19-49(39-51)50-20-12-22-52(40-50)54-24-14-26-56(42-54)60-34-36-66-62-28-8-10-30-64(62)70-44-58(48-17-5-2-6-18-48)32-38-68(70)72(66)46-60/h7-14,19-48H,1-6,15-18H2. The second kappa shape index (κ2) is 18.1. The molecule has 0 amide bonds. The van der Waals surface area contributed by atoms with Crippen molar-refractivity contribution < 1.29 is 0 Å². The van der Waals surface area contributed by atoms with Gasteiger partial charge in [0.1, 0.15) is 0 Å². The van der Waals surface area contributed by atoms with Gasteiger partial charge in [-0.25, -0.2) is 0 Å². The topological polar surface area (TPSA) is 0 Å². The van der Waals surface area contributed by atoms with Crippen LogP contribution in [0.2, 0.25) is 0 Å². The number of fused-ring (bicyclic) bond motifs is 12. The van der Waals surface area contributed by atoms with Crippen LogP contribution in [-0.2, 0) is 0 Å². The zero-order chi connectivity index (χ0) is 47.5. The van der Waals surface area contributed by atoms with E-state index in [9.17, 15) is 0 Å². The Balaban J connectivity index is 0.777. The SMILES string of the molecule is c1cc(-c2cccc(-c3cccc(-c4ccc5c6ccccc6c6cc(C7CCCCC7)ccc6c5c4)c3)c2)cc(-c2cccc(-c3ccc4c5ccccc5c5cc(C6CCCCC6)ccc5c4c3)c2)c1. The monoisotopic (exact) mass is 922 g/mol. The van der Waals surface area contributed by atoms with Crippen molar-refractivity contribution >= 4 is 64.6 Å². The maximum absolute atomic E-state index is 2.53. The molecule has 0 aliphatic heterocycles. The lowest BCUT2D eigenvalue weighted by atomic mass is 9.82. The Kier molecular flexibility index (Phi) is 10.8. The number of rotatable bonds is 7. The summed E-state index contributed by atoms with van der Waals surface area (Å²) in [6.07, 6.45) is 13.4. The second-order valence-corrected chi connectivity index (χ2v) is 21.2. The molecule has 2 fully saturated rings. The Hall–Kier alpha value is -7.80. The predicted molar refractivity (Wildman–Crippen MR) is 310 cm³/mol. The van der Waals surface area contributed by atoms with Crippen LogP contribution in [-0.4, -0.2) is 0 Å². The van der Waals surface area contributed by atoms with E-state index in [1.807, 2.05) is 0 Å². The van der Waals surface area contributed by atoms with E-state index < -0.39 is 0 Å². The van der Waals surface area contributed by atoms with Crippen LogP contribution in [0.4, 0.5) is 0 Å². The molecule has 0 spiro atoms. The highest BCUT2D eigenvalue weighted by molar-refractivity contribution is 6.27. The summed E-state index contributed by atoms with van der Waals surface area (Å²) in [5.74, 6) is 1.35. The van der Waals surface area contributed by atoms with Crippen LogP contribution in [0.1, 0.15) is 87.2 Å². The Morgan fingerprint density at radius 1 is 0.181 bits per heavy atom. The Bertz CT molecular complexity index is 3800. The highest BCUT2D eigenvalue weighted by atomic mass is 14.2. The molecule has 0 nitrogen and oxygen atoms in total. The third kappa shape index (κ3) is 7.68. The summed E-state index contributed by atoms with van der Waals surface area (Å²) in [6.45, 7) is 0. The summed E-state index contributed by atoms with van der Waals surface area (Å²) < 4.78 is 0. The molecule has 0 bridgehead atoms. The Labute approximate surface area is 423 Å². The largest absolute Gasteiger partial charge is 0.0616 e. The van der Waals surface area contributed by atoms with Crippen molar-refractivity contribution in [3.63, 3.8) is 0 Å². The lowest BCUT2D eigenvalue weighted by molar-refractivity contribution is 0.444. The lowest BCUT2D eigenvalue weighted by Crippen LogP contribution is -2.04. The first-order valence-corrected chi connectivity index (χ1v) is 26.9. The van der Waals surface area contributed by atoms with E-state index in [4.69, 9.17) is 0 Å². The van der Waals surface area contributed by atoms with Crippen LogP contribution in [0.5, 0.6) is 0 Å². The molecule has 2 saturated carbocycles. The number of benzene rings is 12. The highest BCUT2D eigenvalue weighted by Crippen LogP contribution is 2.44. The molecule has 12 aromatic rings. The minimum absolute atomic E-state index is 0.677. The van der Waals surface area contributed by atoms with E-state index in [0.29, 0.717) is 11.8 Å². The van der Waals surface area contributed by atoms with Crippen LogP contribution < -0.4 is 0 Å². The quantitative estimate of drug-likeness (QED) is 0.140. The Morgan fingerprint density at radius 3 is 0.764 bits per heavy atom. The molecule has 0 unspecified atom stereocenters. The molecule has 0 heteroatoms. The van der Waals surface area contributed by atoms with Gasteiger partial charge in [-0.1, -0.05) is 221 Å². The van der Waals surface area contributed by atoms with Crippen LogP contribution in [0, 0.1) is 0 Å². The van der Waals surface area contributed by atoms with Crippen molar-refractivity contribution in [1.82, 2.24) is 0 Å². The first-order chi connectivity index (χ1) is 35.7. The van der Waals surface area contributed by atoms with Gasteiger partial charge < -0.3 is 0 Å². The molecular formula is C72H58. The molecule has 0 N–H and O–H groups in total. The highest BCUT2D eigenvalue weighted by Gasteiger charge is 2.20. The molecule has 0 saturated heterocycles. The fraction of sp³-hybridized carbons (Fsp3) is 0.167. The van der Waals surface area contributed by atoms with Crippen molar-refractivity contribution in [3.8, 4) is 55.6 Å². The average Bonchev–Trinajstić information content (AvgIpc) is 3.47. The molecule has 0 aromatic heterocycles. The van der Waals surface area contributed by atoms with Gasteiger partial charge in [0.2, 0.25) is 0 Å². The van der Waals surface area contributed by atoms with Crippen LogP contribution >= 0.6 is 0 Å². The summed E-state index contributed by atoms with van der Waals surface area (Å²) in [7, 11) is 0. The van der Waals surface area contributed by atoms with Crippen molar-refractivity contribution in [3.05, 3.63) is 230 Å². The summed E-state index contributed by atoms with van der Waals surface area (Å²) >= 11 is 0. The van der Waals surface area contributed by atoms with Crippen LogP contribution in [0.3, 0.4) is 0 Å². The molecule has 0 atom stereocenters. The van der Waals surface area contributed by atoms with E-state index >= 15 is 0 Å². The van der Waals surface area contributed by atoms with Gasteiger partial charge in [0.05, 0.1) is 0 Å². The van der Waals surface area contributed by atoms with Gasteiger partial charge >= 0.3 is 0 Å². The molecule has 0 radical (unpaired) electrons. The molecule has 14 rings (SSSR count). The van der Waals surface area contributed by atoms with Crippen molar-refractivity contribution in [2.24, 2.45) is 0 Å². The number of hydrogen-bond acceptors (Lipinski definition) is 0. The molecule has 12 aromatic carbocycles. The van der Waals surface area contributed by atoms with Crippen molar-refractivity contribution in [2.75, 3.05) is 0 Å². The molecule has 2 aliphatic rings. The molecule has 346 valence electrons. The van der Waals surface area contributed by atoms with E-state index in [0.717, 1.165) is 0 Å². The predicted octanol–water partition coefficient (Wildman–Crippen LogP) is 21.0.